The van der Waals surface area contributed by atoms with Gasteiger partial charge in [-0.2, -0.15) is 0 Å². The first-order valence-electron chi connectivity index (χ1n) is 7.41. The van der Waals surface area contributed by atoms with Crippen molar-refractivity contribution in [3.63, 3.8) is 0 Å². The van der Waals surface area contributed by atoms with Gasteiger partial charge in [0, 0.05) is 18.9 Å². The molecule has 1 saturated heterocycles. The highest BCUT2D eigenvalue weighted by Gasteiger charge is 2.14. The van der Waals surface area contributed by atoms with Gasteiger partial charge in [0.15, 0.2) is 0 Å². The van der Waals surface area contributed by atoms with Gasteiger partial charge in [0.05, 0.1) is 12.7 Å². The molecule has 116 valence electrons. The second-order valence-corrected chi connectivity index (χ2v) is 5.32. The highest BCUT2D eigenvalue weighted by Crippen LogP contribution is 2.07. The summed E-state index contributed by atoms with van der Waals surface area (Å²) >= 11 is 0. The summed E-state index contributed by atoms with van der Waals surface area (Å²) in [4.78, 5) is 22.1. The molecule has 1 aliphatic heterocycles. The predicted octanol–water partition coefficient (Wildman–Crippen LogP) is 0.905. The molecule has 0 bridgehead atoms. The Hall–Kier alpha value is -1.14. The Balaban J connectivity index is 2.02. The van der Waals surface area contributed by atoms with Crippen LogP contribution < -0.4 is 10.6 Å². The average Bonchev–Trinajstić information content (AvgIpc) is 2.39. The summed E-state index contributed by atoms with van der Waals surface area (Å²) in [6, 6.07) is 0.0146. The zero-order valence-electron chi connectivity index (χ0n) is 12.2. The van der Waals surface area contributed by atoms with Crippen LogP contribution in [0.4, 0.5) is 0 Å². The molecule has 1 atom stereocenters. The Bertz CT molecular complexity index is 304. The van der Waals surface area contributed by atoms with Gasteiger partial charge in [0.1, 0.15) is 0 Å². The monoisotopic (exact) mass is 286 g/mol. The van der Waals surface area contributed by atoms with Crippen LogP contribution in [0.15, 0.2) is 0 Å². The second-order valence-electron chi connectivity index (χ2n) is 5.32. The SMILES string of the molecule is CC(CCCC(=O)O)NC(=O)CCOC1CCNCC1. The predicted molar refractivity (Wildman–Crippen MR) is 75.6 cm³/mol. The summed E-state index contributed by atoms with van der Waals surface area (Å²) in [6.45, 7) is 4.32. The molecule has 1 unspecified atom stereocenters. The zero-order valence-corrected chi connectivity index (χ0v) is 12.2. The molecule has 0 radical (unpaired) electrons. The molecule has 1 fully saturated rings. The van der Waals surface area contributed by atoms with Crippen molar-refractivity contribution >= 4 is 11.9 Å². The average molecular weight is 286 g/mol. The summed E-state index contributed by atoms with van der Waals surface area (Å²) in [7, 11) is 0. The molecule has 0 aliphatic carbocycles. The van der Waals surface area contributed by atoms with Gasteiger partial charge in [-0.15, -0.1) is 0 Å². The minimum Gasteiger partial charge on any atom is -0.481 e. The Labute approximate surface area is 120 Å². The van der Waals surface area contributed by atoms with Crippen LogP contribution in [-0.2, 0) is 14.3 Å². The molecule has 6 heteroatoms. The fourth-order valence-electron chi connectivity index (χ4n) is 2.26. The Morgan fingerprint density at radius 1 is 1.35 bits per heavy atom. The van der Waals surface area contributed by atoms with Gasteiger partial charge in [0.25, 0.3) is 0 Å². The lowest BCUT2D eigenvalue weighted by atomic mass is 10.1. The second kappa shape index (κ2) is 9.72. The molecular weight excluding hydrogens is 260 g/mol. The topological polar surface area (TPSA) is 87.7 Å². The van der Waals surface area contributed by atoms with Gasteiger partial charge in [-0.25, -0.2) is 0 Å². The minimum absolute atomic E-state index is 0.0146. The van der Waals surface area contributed by atoms with E-state index in [4.69, 9.17) is 9.84 Å². The summed E-state index contributed by atoms with van der Waals surface area (Å²) in [5.41, 5.74) is 0. The fraction of sp³-hybridized carbons (Fsp3) is 0.857. The Kier molecular flexibility index (Phi) is 8.22. The normalized spacial score (nSPS) is 17.6. The molecule has 1 amide bonds. The molecule has 0 aromatic heterocycles. The molecule has 0 aromatic carbocycles. The lowest BCUT2D eigenvalue weighted by Crippen LogP contribution is -2.35. The molecule has 1 aliphatic rings. The molecule has 20 heavy (non-hydrogen) atoms. The van der Waals surface area contributed by atoms with E-state index >= 15 is 0 Å². The third kappa shape index (κ3) is 8.12. The molecule has 1 rings (SSSR count). The van der Waals surface area contributed by atoms with Crippen LogP contribution in [0, 0.1) is 0 Å². The van der Waals surface area contributed by atoms with Crippen molar-refractivity contribution < 1.29 is 19.4 Å². The Morgan fingerprint density at radius 3 is 2.70 bits per heavy atom. The molecule has 3 N–H and O–H groups in total. The van der Waals surface area contributed by atoms with E-state index in [2.05, 4.69) is 10.6 Å². The van der Waals surface area contributed by atoms with Crippen LogP contribution in [0.25, 0.3) is 0 Å². The number of carboxylic acid groups (broad SMARTS) is 1. The molecular formula is C14H26N2O4. The van der Waals surface area contributed by atoms with Crippen molar-refractivity contribution in [2.75, 3.05) is 19.7 Å². The van der Waals surface area contributed by atoms with Gasteiger partial charge >= 0.3 is 5.97 Å². The van der Waals surface area contributed by atoms with Crippen LogP contribution in [0.3, 0.4) is 0 Å². The van der Waals surface area contributed by atoms with Crippen molar-refractivity contribution in [1.29, 1.82) is 0 Å². The number of rotatable bonds is 9. The van der Waals surface area contributed by atoms with Crippen molar-refractivity contribution in [3.8, 4) is 0 Å². The lowest BCUT2D eigenvalue weighted by molar-refractivity contribution is -0.137. The number of amides is 1. The lowest BCUT2D eigenvalue weighted by Gasteiger charge is -2.23. The highest BCUT2D eigenvalue weighted by atomic mass is 16.5. The van der Waals surface area contributed by atoms with Crippen LogP contribution in [-0.4, -0.2) is 48.8 Å². The maximum Gasteiger partial charge on any atom is 0.303 e. The van der Waals surface area contributed by atoms with Crippen molar-refractivity contribution in [1.82, 2.24) is 10.6 Å². The molecule has 0 spiro atoms. The van der Waals surface area contributed by atoms with E-state index in [0.717, 1.165) is 25.9 Å². The quantitative estimate of drug-likeness (QED) is 0.586. The number of hydrogen-bond acceptors (Lipinski definition) is 4. The van der Waals surface area contributed by atoms with E-state index in [9.17, 15) is 9.59 Å². The third-order valence-electron chi connectivity index (χ3n) is 3.40. The number of piperidine rings is 1. The van der Waals surface area contributed by atoms with Crippen LogP contribution >= 0.6 is 0 Å². The zero-order chi connectivity index (χ0) is 14.8. The number of ether oxygens (including phenoxy) is 1. The largest absolute Gasteiger partial charge is 0.481 e. The van der Waals surface area contributed by atoms with Gasteiger partial charge in [0.2, 0.25) is 5.91 Å². The number of hydrogen-bond donors (Lipinski definition) is 3. The highest BCUT2D eigenvalue weighted by molar-refractivity contribution is 5.76. The summed E-state index contributed by atoms with van der Waals surface area (Å²) in [5, 5.41) is 14.7. The van der Waals surface area contributed by atoms with E-state index in [-0.39, 0.29) is 24.5 Å². The smallest absolute Gasteiger partial charge is 0.303 e. The maximum atomic E-state index is 11.7. The van der Waals surface area contributed by atoms with Crippen LogP contribution in [0.2, 0.25) is 0 Å². The third-order valence-corrected chi connectivity index (χ3v) is 3.40. The Morgan fingerprint density at radius 2 is 2.05 bits per heavy atom. The first kappa shape index (κ1) is 16.9. The molecule has 0 saturated carbocycles. The van der Waals surface area contributed by atoms with Gasteiger partial charge in [-0.05, 0) is 45.7 Å². The summed E-state index contributed by atoms with van der Waals surface area (Å²) in [5.74, 6) is -0.819. The standard InChI is InChI=1S/C14H26N2O4/c1-11(3-2-4-14(18)19)16-13(17)7-10-20-12-5-8-15-9-6-12/h11-12,15H,2-10H2,1H3,(H,16,17)(H,18,19). The van der Waals surface area contributed by atoms with E-state index < -0.39 is 5.97 Å². The summed E-state index contributed by atoms with van der Waals surface area (Å²) < 4.78 is 5.67. The van der Waals surface area contributed by atoms with Crippen molar-refractivity contribution in [2.45, 2.75) is 57.6 Å². The van der Waals surface area contributed by atoms with Gasteiger partial charge in [-0.1, -0.05) is 0 Å². The van der Waals surface area contributed by atoms with E-state index in [1.165, 1.54) is 0 Å². The number of carboxylic acids is 1. The van der Waals surface area contributed by atoms with E-state index in [1.54, 1.807) is 0 Å². The van der Waals surface area contributed by atoms with E-state index in [1.807, 2.05) is 6.92 Å². The van der Waals surface area contributed by atoms with Crippen molar-refractivity contribution in [3.05, 3.63) is 0 Å². The van der Waals surface area contributed by atoms with Crippen LogP contribution in [0.5, 0.6) is 0 Å². The first-order valence-corrected chi connectivity index (χ1v) is 7.41. The van der Waals surface area contributed by atoms with E-state index in [0.29, 0.717) is 25.9 Å². The number of nitrogens with one attached hydrogen (secondary N) is 2. The molecule has 6 nitrogen and oxygen atoms in total. The maximum absolute atomic E-state index is 11.7. The minimum atomic E-state index is -0.793. The van der Waals surface area contributed by atoms with Gasteiger partial charge < -0.3 is 20.5 Å². The van der Waals surface area contributed by atoms with Gasteiger partial charge in [-0.3, -0.25) is 9.59 Å². The van der Waals surface area contributed by atoms with Crippen LogP contribution in [0.1, 0.15) is 45.4 Å². The van der Waals surface area contributed by atoms with Crippen molar-refractivity contribution in [2.24, 2.45) is 0 Å². The molecule has 1 heterocycles. The number of carbonyl (C=O) groups is 2. The first-order chi connectivity index (χ1) is 9.58. The fourth-order valence-corrected chi connectivity index (χ4v) is 2.26. The number of carbonyl (C=O) groups excluding carboxylic acids is 1. The summed E-state index contributed by atoms with van der Waals surface area (Å²) in [6.07, 6.45) is 4.08. The molecule has 0 aromatic rings. The number of aliphatic carboxylic acids is 1.